The van der Waals surface area contributed by atoms with Crippen molar-refractivity contribution < 1.29 is 9.53 Å². The molecule has 1 N–H and O–H groups in total. The summed E-state index contributed by atoms with van der Waals surface area (Å²) in [6, 6.07) is 13.3. The zero-order valence-corrected chi connectivity index (χ0v) is 13.0. The fraction of sp³-hybridized carbons (Fsp3) is 0.235. The molecular weight excluding hydrogens is 314 g/mol. The van der Waals surface area contributed by atoms with Gasteiger partial charge in [0.15, 0.2) is 0 Å². The van der Waals surface area contributed by atoms with Crippen LogP contribution in [0.2, 0.25) is 5.02 Å². The van der Waals surface area contributed by atoms with Gasteiger partial charge in [-0.05, 0) is 47.7 Å². The number of ether oxygens (including phenoxy) is 1. The zero-order valence-electron chi connectivity index (χ0n) is 12.2. The summed E-state index contributed by atoms with van der Waals surface area (Å²) in [6.45, 7) is 0.255. The second-order valence-electron chi connectivity index (χ2n) is 5.75. The third-order valence-electron chi connectivity index (χ3n) is 4.15. The monoisotopic (exact) mass is 327 g/mol. The molecule has 1 heterocycles. The normalized spacial score (nSPS) is 19.7. The minimum Gasteiger partial charge on any atom is -0.461 e. The van der Waals surface area contributed by atoms with Crippen LogP contribution in [0.4, 0.5) is 0 Å². The van der Waals surface area contributed by atoms with Crippen molar-refractivity contribution >= 4 is 28.6 Å². The van der Waals surface area contributed by atoms with Crippen molar-refractivity contribution in [3.05, 3.63) is 58.6 Å². The van der Waals surface area contributed by atoms with Crippen LogP contribution in [0.1, 0.15) is 23.5 Å². The maximum absolute atomic E-state index is 12.2. The van der Waals surface area contributed by atoms with E-state index in [0.29, 0.717) is 5.02 Å². The van der Waals surface area contributed by atoms with E-state index in [-0.39, 0.29) is 24.4 Å². The fourth-order valence-corrected chi connectivity index (χ4v) is 2.90. The SMILES string of the molecule is O=C(OCc1ccc2n[nH]nc2c1)C1CC1c1ccc(Cl)cc1. The molecule has 23 heavy (non-hydrogen) atoms. The summed E-state index contributed by atoms with van der Waals surface area (Å²) in [6.07, 6.45) is 0.836. The first-order valence-electron chi connectivity index (χ1n) is 7.42. The highest BCUT2D eigenvalue weighted by atomic mass is 35.5. The molecule has 1 fully saturated rings. The number of rotatable bonds is 4. The van der Waals surface area contributed by atoms with Crippen LogP contribution < -0.4 is 0 Å². The molecule has 4 rings (SSSR count). The first kappa shape index (κ1) is 14.2. The van der Waals surface area contributed by atoms with Gasteiger partial charge >= 0.3 is 5.97 Å². The predicted octanol–water partition coefficient (Wildman–Crippen LogP) is 3.46. The van der Waals surface area contributed by atoms with Gasteiger partial charge in [0.2, 0.25) is 0 Å². The van der Waals surface area contributed by atoms with Crippen LogP contribution in [0.15, 0.2) is 42.5 Å². The summed E-state index contributed by atoms with van der Waals surface area (Å²) >= 11 is 5.88. The Hall–Kier alpha value is -2.40. The molecule has 1 aliphatic carbocycles. The molecule has 5 nitrogen and oxygen atoms in total. The van der Waals surface area contributed by atoms with Crippen molar-refractivity contribution in [2.45, 2.75) is 18.9 Å². The molecule has 0 spiro atoms. The van der Waals surface area contributed by atoms with E-state index in [1.54, 1.807) is 0 Å². The van der Waals surface area contributed by atoms with E-state index in [2.05, 4.69) is 15.4 Å². The van der Waals surface area contributed by atoms with Crippen LogP contribution in [0, 0.1) is 5.92 Å². The predicted molar refractivity (Wildman–Crippen MR) is 86.0 cm³/mol. The third kappa shape index (κ3) is 2.92. The smallest absolute Gasteiger partial charge is 0.309 e. The highest BCUT2D eigenvalue weighted by Crippen LogP contribution is 2.48. The lowest BCUT2D eigenvalue weighted by Crippen LogP contribution is -2.08. The number of halogens is 1. The molecule has 0 aliphatic heterocycles. The molecule has 1 saturated carbocycles. The van der Waals surface area contributed by atoms with Crippen LogP contribution in [0.25, 0.3) is 11.0 Å². The molecule has 2 unspecified atom stereocenters. The number of hydrogen-bond donors (Lipinski definition) is 1. The maximum atomic E-state index is 12.2. The molecule has 0 radical (unpaired) electrons. The van der Waals surface area contributed by atoms with E-state index in [9.17, 15) is 4.79 Å². The number of hydrogen-bond acceptors (Lipinski definition) is 4. The van der Waals surface area contributed by atoms with Crippen molar-refractivity contribution in [3.63, 3.8) is 0 Å². The maximum Gasteiger partial charge on any atom is 0.309 e. The Morgan fingerprint density at radius 3 is 2.78 bits per heavy atom. The highest BCUT2D eigenvalue weighted by Gasteiger charge is 2.45. The molecule has 6 heteroatoms. The van der Waals surface area contributed by atoms with E-state index < -0.39 is 0 Å². The number of H-pyrrole nitrogens is 1. The minimum atomic E-state index is -0.148. The second-order valence-corrected chi connectivity index (χ2v) is 6.19. The van der Waals surface area contributed by atoms with E-state index in [1.807, 2.05) is 42.5 Å². The summed E-state index contributed by atoms with van der Waals surface area (Å²) in [5.74, 6) is 0.0509. The Balaban J connectivity index is 1.36. The molecule has 2 atom stereocenters. The largest absolute Gasteiger partial charge is 0.461 e. The van der Waals surface area contributed by atoms with Crippen LogP contribution in [-0.2, 0) is 16.1 Å². The number of aromatic amines is 1. The fourth-order valence-electron chi connectivity index (χ4n) is 2.77. The molecule has 2 aromatic carbocycles. The van der Waals surface area contributed by atoms with Gasteiger partial charge < -0.3 is 4.74 Å². The molecule has 3 aromatic rings. The zero-order chi connectivity index (χ0) is 15.8. The molecule has 0 amide bonds. The lowest BCUT2D eigenvalue weighted by atomic mass is 10.1. The van der Waals surface area contributed by atoms with Gasteiger partial charge in [0.1, 0.15) is 17.6 Å². The standard InChI is InChI=1S/C17H14ClN3O2/c18-12-4-2-11(3-5-12)13-8-14(13)17(22)23-9-10-1-6-15-16(7-10)20-21-19-15/h1-7,13-14H,8-9H2,(H,19,20,21). The van der Waals surface area contributed by atoms with Crippen LogP contribution in [-0.4, -0.2) is 21.4 Å². The van der Waals surface area contributed by atoms with Gasteiger partial charge in [0.05, 0.1) is 5.92 Å². The van der Waals surface area contributed by atoms with Gasteiger partial charge in [-0.15, -0.1) is 0 Å². The summed E-state index contributed by atoms with van der Waals surface area (Å²) in [7, 11) is 0. The Morgan fingerprint density at radius 1 is 1.17 bits per heavy atom. The number of nitrogens with zero attached hydrogens (tertiary/aromatic N) is 2. The van der Waals surface area contributed by atoms with Crippen LogP contribution in [0.3, 0.4) is 0 Å². The third-order valence-corrected chi connectivity index (χ3v) is 4.41. The number of carbonyl (C=O) groups excluding carboxylic acids is 1. The molecule has 1 aliphatic rings. The number of benzene rings is 2. The summed E-state index contributed by atoms with van der Waals surface area (Å²) in [4.78, 5) is 12.2. The number of aromatic nitrogens is 3. The van der Waals surface area contributed by atoms with Crippen molar-refractivity contribution in [2.75, 3.05) is 0 Å². The minimum absolute atomic E-state index is 0.0491. The molecule has 1 aromatic heterocycles. The lowest BCUT2D eigenvalue weighted by Gasteiger charge is -2.05. The molecule has 116 valence electrons. The van der Waals surface area contributed by atoms with Gasteiger partial charge in [-0.3, -0.25) is 4.79 Å². The van der Waals surface area contributed by atoms with Crippen molar-refractivity contribution in [1.29, 1.82) is 0 Å². The highest BCUT2D eigenvalue weighted by molar-refractivity contribution is 6.30. The van der Waals surface area contributed by atoms with Gasteiger partial charge in [0, 0.05) is 5.02 Å². The van der Waals surface area contributed by atoms with Gasteiger partial charge in [-0.2, -0.15) is 15.4 Å². The Labute approximate surface area is 137 Å². The Bertz CT molecular complexity index is 860. The van der Waals surface area contributed by atoms with Crippen LogP contribution in [0.5, 0.6) is 0 Å². The van der Waals surface area contributed by atoms with E-state index in [0.717, 1.165) is 28.6 Å². The first-order valence-corrected chi connectivity index (χ1v) is 7.80. The lowest BCUT2D eigenvalue weighted by molar-refractivity contribution is -0.146. The van der Waals surface area contributed by atoms with Crippen molar-refractivity contribution in [2.24, 2.45) is 5.92 Å². The summed E-state index contributed by atoms with van der Waals surface area (Å²) < 4.78 is 5.43. The Morgan fingerprint density at radius 2 is 1.96 bits per heavy atom. The quantitative estimate of drug-likeness (QED) is 0.745. The van der Waals surface area contributed by atoms with Gasteiger partial charge in [0.25, 0.3) is 0 Å². The second kappa shape index (κ2) is 5.66. The average Bonchev–Trinajstić information content (AvgIpc) is 3.23. The van der Waals surface area contributed by atoms with Crippen molar-refractivity contribution in [3.8, 4) is 0 Å². The average molecular weight is 328 g/mol. The number of carbonyl (C=O) groups is 1. The topological polar surface area (TPSA) is 67.9 Å². The first-order chi connectivity index (χ1) is 11.2. The number of esters is 1. The number of fused-ring (bicyclic) bond motifs is 1. The summed E-state index contributed by atoms with van der Waals surface area (Å²) in [5, 5.41) is 11.3. The molecular formula is C17H14ClN3O2. The van der Waals surface area contributed by atoms with Crippen LogP contribution >= 0.6 is 11.6 Å². The van der Waals surface area contributed by atoms with Gasteiger partial charge in [-0.1, -0.05) is 29.8 Å². The molecule has 0 saturated heterocycles. The van der Waals surface area contributed by atoms with E-state index in [1.165, 1.54) is 0 Å². The summed E-state index contributed by atoms with van der Waals surface area (Å²) in [5.41, 5.74) is 3.61. The van der Waals surface area contributed by atoms with E-state index in [4.69, 9.17) is 16.3 Å². The van der Waals surface area contributed by atoms with Crippen molar-refractivity contribution in [1.82, 2.24) is 15.4 Å². The van der Waals surface area contributed by atoms with E-state index >= 15 is 0 Å². The Kier molecular flexibility index (Phi) is 3.50. The molecule has 0 bridgehead atoms. The number of nitrogens with one attached hydrogen (secondary N) is 1. The van der Waals surface area contributed by atoms with Gasteiger partial charge in [-0.25, -0.2) is 0 Å².